The van der Waals surface area contributed by atoms with Crippen LogP contribution in [0.2, 0.25) is 0 Å². The van der Waals surface area contributed by atoms with Crippen molar-refractivity contribution in [2.24, 2.45) is 0 Å². The molecule has 5 heteroatoms. The first-order valence-corrected chi connectivity index (χ1v) is 6.95. The fourth-order valence-electron chi connectivity index (χ4n) is 3.07. The Morgan fingerprint density at radius 2 is 2.10 bits per heavy atom. The SMILES string of the molecule is COc1cccc(C(=O)N2CCC3CCC(C2)N3)c1.Cl. The topological polar surface area (TPSA) is 41.6 Å². The van der Waals surface area contributed by atoms with Gasteiger partial charge < -0.3 is 15.0 Å². The van der Waals surface area contributed by atoms with Crippen molar-refractivity contribution in [3.05, 3.63) is 29.8 Å². The first kappa shape index (κ1) is 15.1. The Balaban J connectivity index is 0.00000147. The molecule has 0 spiro atoms. The van der Waals surface area contributed by atoms with Gasteiger partial charge in [-0.15, -0.1) is 12.4 Å². The summed E-state index contributed by atoms with van der Waals surface area (Å²) in [5.74, 6) is 0.855. The molecule has 3 rings (SSSR count). The average Bonchev–Trinajstić information content (AvgIpc) is 2.77. The van der Waals surface area contributed by atoms with Gasteiger partial charge in [-0.25, -0.2) is 0 Å². The Labute approximate surface area is 125 Å². The van der Waals surface area contributed by atoms with Crippen LogP contribution in [0, 0.1) is 0 Å². The number of fused-ring (bicyclic) bond motifs is 2. The summed E-state index contributed by atoms with van der Waals surface area (Å²) in [7, 11) is 1.62. The number of likely N-dealkylation sites (tertiary alicyclic amines) is 1. The third kappa shape index (κ3) is 3.07. The van der Waals surface area contributed by atoms with Crippen LogP contribution in [0.4, 0.5) is 0 Å². The number of hydrogen-bond acceptors (Lipinski definition) is 3. The van der Waals surface area contributed by atoms with E-state index >= 15 is 0 Å². The quantitative estimate of drug-likeness (QED) is 0.908. The van der Waals surface area contributed by atoms with E-state index in [9.17, 15) is 4.79 Å². The number of hydrogen-bond donors (Lipinski definition) is 1. The molecule has 2 bridgehead atoms. The van der Waals surface area contributed by atoms with E-state index in [0.29, 0.717) is 12.1 Å². The molecule has 1 aromatic carbocycles. The van der Waals surface area contributed by atoms with Crippen LogP contribution in [0.1, 0.15) is 29.6 Å². The molecule has 4 nitrogen and oxygen atoms in total. The van der Waals surface area contributed by atoms with E-state index in [4.69, 9.17) is 4.74 Å². The molecule has 2 saturated heterocycles. The summed E-state index contributed by atoms with van der Waals surface area (Å²) in [5, 5.41) is 3.59. The average molecular weight is 297 g/mol. The van der Waals surface area contributed by atoms with Gasteiger partial charge in [0.25, 0.3) is 5.91 Å². The maximum absolute atomic E-state index is 12.5. The van der Waals surface area contributed by atoms with Gasteiger partial charge in [0.15, 0.2) is 0 Å². The van der Waals surface area contributed by atoms with Gasteiger partial charge in [-0.2, -0.15) is 0 Å². The third-order valence-corrected chi connectivity index (χ3v) is 4.13. The number of nitrogens with one attached hydrogen (secondary N) is 1. The van der Waals surface area contributed by atoms with Crippen molar-refractivity contribution >= 4 is 18.3 Å². The molecule has 1 amide bonds. The second-order valence-corrected chi connectivity index (χ2v) is 5.41. The van der Waals surface area contributed by atoms with E-state index in [0.717, 1.165) is 30.8 Å². The summed E-state index contributed by atoms with van der Waals surface area (Å²) in [6.45, 7) is 1.68. The van der Waals surface area contributed by atoms with Crippen LogP contribution in [0.5, 0.6) is 5.75 Å². The lowest BCUT2D eigenvalue weighted by atomic mass is 10.1. The number of amides is 1. The Morgan fingerprint density at radius 3 is 2.90 bits per heavy atom. The molecule has 0 saturated carbocycles. The van der Waals surface area contributed by atoms with Crippen molar-refractivity contribution in [3.8, 4) is 5.75 Å². The summed E-state index contributed by atoms with van der Waals surface area (Å²) in [6.07, 6.45) is 3.50. The van der Waals surface area contributed by atoms with Crippen molar-refractivity contribution in [2.75, 3.05) is 20.2 Å². The van der Waals surface area contributed by atoms with Gasteiger partial charge in [-0.1, -0.05) is 6.07 Å². The lowest BCUT2D eigenvalue weighted by Gasteiger charge is -2.24. The standard InChI is InChI=1S/C15H20N2O2.ClH/c1-19-14-4-2-3-11(9-14)15(18)17-8-7-12-5-6-13(10-17)16-12;/h2-4,9,12-13,16H,5-8,10H2,1H3;1H. The monoisotopic (exact) mass is 296 g/mol. The molecule has 2 fully saturated rings. The minimum Gasteiger partial charge on any atom is -0.497 e. The number of nitrogens with zero attached hydrogens (tertiary/aromatic N) is 1. The molecular formula is C15H21ClN2O2. The van der Waals surface area contributed by atoms with Crippen molar-refractivity contribution in [1.29, 1.82) is 0 Å². The second-order valence-electron chi connectivity index (χ2n) is 5.41. The summed E-state index contributed by atoms with van der Waals surface area (Å²) in [6, 6.07) is 8.49. The molecule has 0 aliphatic carbocycles. The molecule has 2 aliphatic rings. The maximum atomic E-state index is 12.5. The van der Waals surface area contributed by atoms with Crippen molar-refractivity contribution in [2.45, 2.75) is 31.3 Å². The fraction of sp³-hybridized carbons (Fsp3) is 0.533. The van der Waals surface area contributed by atoms with Crippen LogP contribution in [-0.2, 0) is 0 Å². The van der Waals surface area contributed by atoms with Crippen molar-refractivity contribution in [1.82, 2.24) is 10.2 Å². The number of ether oxygens (including phenoxy) is 1. The molecule has 2 heterocycles. The van der Waals surface area contributed by atoms with Crippen molar-refractivity contribution in [3.63, 3.8) is 0 Å². The summed E-state index contributed by atoms with van der Waals surface area (Å²) in [4.78, 5) is 14.5. The molecule has 2 aliphatic heterocycles. The number of methoxy groups -OCH3 is 1. The fourth-order valence-corrected chi connectivity index (χ4v) is 3.07. The molecule has 2 unspecified atom stereocenters. The molecule has 2 atom stereocenters. The normalized spacial score (nSPS) is 24.8. The first-order chi connectivity index (χ1) is 9.26. The Bertz CT molecular complexity index is 481. The predicted octanol–water partition coefficient (Wildman–Crippen LogP) is 2.08. The Hall–Kier alpha value is -1.26. The number of rotatable bonds is 2. The van der Waals surface area contributed by atoms with E-state index in [1.54, 1.807) is 7.11 Å². The van der Waals surface area contributed by atoms with E-state index in [-0.39, 0.29) is 18.3 Å². The molecule has 0 radical (unpaired) electrons. The minimum absolute atomic E-state index is 0. The van der Waals surface area contributed by atoms with Crippen LogP contribution < -0.4 is 10.1 Å². The molecule has 110 valence electrons. The maximum Gasteiger partial charge on any atom is 0.254 e. The summed E-state index contributed by atoms with van der Waals surface area (Å²) >= 11 is 0. The Morgan fingerprint density at radius 1 is 1.30 bits per heavy atom. The zero-order valence-corrected chi connectivity index (χ0v) is 12.5. The highest BCUT2D eigenvalue weighted by atomic mass is 35.5. The van der Waals surface area contributed by atoms with Gasteiger partial charge in [0.1, 0.15) is 5.75 Å². The van der Waals surface area contributed by atoms with Crippen molar-refractivity contribution < 1.29 is 9.53 Å². The Kier molecular flexibility index (Phi) is 4.89. The van der Waals surface area contributed by atoms with Crippen LogP contribution >= 0.6 is 12.4 Å². The smallest absolute Gasteiger partial charge is 0.254 e. The van der Waals surface area contributed by atoms with Gasteiger partial charge >= 0.3 is 0 Å². The highest BCUT2D eigenvalue weighted by Crippen LogP contribution is 2.22. The number of halogens is 1. The van der Waals surface area contributed by atoms with Gasteiger partial charge in [0.2, 0.25) is 0 Å². The highest BCUT2D eigenvalue weighted by Gasteiger charge is 2.31. The van der Waals surface area contributed by atoms with Gasteiger partial charge in [0, 0.05) is 30.7 Å². The molecular weight excluding hydrogens is 276 g/mol. The van der Waals surface area contributed by atoms with Crippen LogP contribution in [-0.4, -0.2) is 43.1 Å². The number of carbonyl (C=O) groups is 1. The van der Waals surface area contributed by atoms with Gasteiger partial charge in [0.05, 0.1) is 7.11 Å². The van der Waals surface area contributed by atoms with E-state index in [1.165, 1.54) is 12.8 Å². The lowest BCUT2D eigenvalue weighted by Crippen LogP contribution is -2.39. The summed E-state index contributed by atoms with van der Waals surface area (Å²) in [5.41, 5.74) is 0.720. The summed E-state index contributed by atoms with van der Waals surface area (Å²) < 4.78 is 5.18. The minimum atomic E-state index is 0. The predicted molar refractivity (Wildman–Crippen MR) is 80.7 cm³/mol. The van der Waals surface area contributed by atoms with Gasteiger partial charge in [-0.3, -0.25) is 4.79 Å². The molecule has 20 heavy (non-hydrogen) atoms. The van der Waals surface area contributed by atoms with Gasteiger partial charge in [-0.05, 0) is 37.5 Å². The largest absolute Gasteiger partial charge is 0.497 e. The van der Waals surface area contributed by atoms with Crippen LogP contribution in [0.25, 0.3) is 0 Å². The van der Waals surface area contributed by atoms with E-state index in [1.807, 2.05) is 29.2 Å². The van der Waals surface area contributed by atoms with Crippen LogP contribution in [0.3, 0.4) is 0 Å². The number of carbonyl (C=O) groups excluding carboxylic acids is 1. The molecule has 1 N–H and O–H groups in total. The zero-order chi connectivity index (χ0) is 13.2. The molecule has 0 aromatic heterocycles. The van der Waals surface area contributed by atoms with Crippen LogP contribution in [0.15, 0.2) is 24.3 Å². The first-order valence-electron chi connectivity index (χ1n) is 6.95. The zero-order valence-electron chi connectivity index (χ0n) is 11.7. The van der Waals surface area contributed by atoms with E-state index < -0.39 is 0 Å². The lowest BCUT2D eigenvalue weighted by molar-refractivity contribution is 0.0748. The highest BCUT2D eigenvalue weighted by molar-refractivity contribution is 5.94. The molecule has 1 aromatic rings. The number of benzene rings is 1. The second kappa shape index (κ2) is 6.46. The third-order valence-electron chi connectivity index (χ3n) is 4.13. The van der Waals surface area contributed by atoms with E-state index in [2.05, 4.69) is 5.32 Å².